The molecule has 0 saturated carbocycles. The number of hydrogen-bond acceptors (Lipinski definition) is 3. The summed E-state index contributed by atoms with van der Waals surface area (Å²) in [5.74, 6) is -3.78. The van der Waals surface area contributed by atoms with Crippen LogP contribution in [0.2, 0.25) is 0 Å². The number of carbonyl (C=O) groups is 1. The maximum Gasteiger partial charge on any atom is 0.254 e. The first-order valence-electron chi connectivity index (χ1n) is 4.96. The summed E-state index contributed by atoms with van der Waals surface area (Å²) in [6, 6.07) is 1.65. The van der Waals surface area contributed by atoms with Crippen LogP contribution in [0.15, 0.2) is 12.1 Å². The zero-order valence-electron chi connectivity index (χ0n) is 9.70. The molecule has 3 N–H and O–H groups in total. The van der Waals surface area contributed by atoms with Crippen molar-refractivity contribution in [1.82, 2.24) is 0 Å². The van der Waals surface area contributed by atoms with Gasteiger partial charge >= 0.3 is 0 Å². The van der Waals surface area contributed by atoms with E-state index in [1.165, 1.54) is 13.8 Å². The predicted molar refractivity (Wildman–Crippen MR) is 62.6 cm³/mol. The highest BCUT2D eigenvalue weighted by atomic mass is 32.2. The second-order valence-electron chi connectivity index (χ2n) is 3.84. The normalized spacial score (nSPS) is 11.6. The Morgan fingerprint density at radius 2 is 1.89 bits per heavy atom. The molecule has 100 valence electrons. The molecule has 0 heterocycles. The number of nitrogens with one attached hydrogen (secondary N) is 1. The molecular formula is C10H12F2N2O3S. The van der Waals surface area contributed by atoms with Gasteiger partial charge in [0.2, 0.25) is 10.0 Å². The molecule has 1 rings (SSSR count). The molecule has 0 unspecified atom stereocenters. The van der Waals surface area contributed by atoms with Crippen LogP contribution in [0.5, 0.6) is 0 Å². The number of sulfonamides is 1. The van der Waals surface area contributed by atoms with Gasteiger partial charge in [0, 0.05) is 0 Å². The van der Waals surface area contributed by atoms with E-state index in [-0.39, 0.29) is 0 Å². The first kappa shape index (κ1) is 14.4. The van der Waals surface area contributed by atoms with E-state index in [0.717, 1.165) is 12.1 Å². The summed E-state index contributed by atoms with van der Waals surface area (Å²) < 4.78 is 51.9. The van der Waals surface area contributed by atoms with Crippen molar-refractivity contribution in [3.63, 3.8) is 0 Å². The highest BCUT2D eigenvalue weighted by Gasteiger charge is 2.22. The molecule has 8 heteroatoms. The third kappa shape index (κ3) is 2.76. The van der Waals surface area contributed by atoms with Crippen LogP contribution in [0.4, 0.5) is 14.5 Å². The molecule has 5 nitrogen and oxygen atoms in total. The fourth-order valence-corrected chi connectivity index (χ4v) is 1.83. The molecule has 0 atom stereocenters. The van der Waals surface area contributed by atoms with Gasteiger partial charge in [-0.3, -0.25) is 9.52 Å². The first-order valence-corrected chi connectivity index (χ1v) is 6.51. The predicted octanol–water partition coefficient (Wildman–Crippen LogP) is 1.21. The van der Waals surface area contributed by atoms with Gasteiger partial charge in [-0.15, -0.1) is 0 Å². The Kier molecular flexibility index (Phi) is 3.90. The lowest BCUT2D eigenvalue weighted by atomic mass is 10.1. The molecule has 1 aromatic rings. The van der Waals surface area contributed by atoms with Crippen molar-refractivity contribution in [3.05, 3.63) is 29.3 Å². The average Bonchev–Trinajstić information content (AvgIpc) is 2.21. The van der Waals surface area contributed by atoms with Gasteiger partial charge in [0.25, 0.3) is 5.91 Å². The van der Waals surface area contributed by atoms with Crippen molar-refractivity contribution in [2.24, 2.45) is 5.73 Å². The Hall–Kier alpha value is -1.70. The van der Waals surface area contributed by atoms with Gasteiger partial charge < -0.3 is 5.73 Å². The first-order chi connectivity index (χ1) is 8.16. The molecule has 1 aromatic carbocycles. The van der Waals surface area contributed by atoms with Gasteiger partial charge in [0.05, 0.1) is 10.9 Å². The number of primary amides is 1. The third-order valence-electron chi connectivity index (χ3n) is 2.21. The molecule has 0 fully saturated rings. The van der Waals surface area contributed by atoms with Crippen molar-refractivity contribution in [3.8, 4) is 0 Å². The van der Waals surface area contributed by atoms with Gasteiger partial charge in [-0.05, 0) is 26.0 Å². The minimum absolute atomic E-state index is 0.515. The number of anilines is 1. The monoisotopic (exact) mass is 278 g/mol. The Labute approximate surface area is 103 Å². The van der Waals surface area contributed by atoms with Crippen molar-refractivity contribution < 1.29 is 22.0 Å². The Morgan fingerprint density at radius 3 is 2.33 bits per heavy atom. The highest BCUT2D eigenvalue weighted by Crippen LogP contribution is 2.22. The molecule has 0 aliphatic rings. The number of hydrogen-bond donors (Lipinski definition) is 2. The molecule has 0 aliphatic heterocycles. The van der Waals surface area contributed by atoms with Crippen molar-refractivity contribution >= 4 is 21.6 Å². The lowest BCUT2D eigenvalue weighted by Crippen LogP contribution is -2.24. The van der Waals surface area contributed by atoms with E-state index in [4.69, 9.17) is 5.73 Å². The quantitative estimate of drug-likeness (QED) is 0.867. The molecule has 0 spiro atoms. The number of carbonyl (C=O) groups excluding carboxylic acids is 1. The molecule has 18 heavy (non-hydrogen) atoms. The second-order valence-corrected chi connectivity index (χ2v) is 6.08. The van der Waals surface area contributed by atoms with Crippen molar-refractivity contribution in [1.29, 1.82) is 0 Å². The van der Waals surface area contributed by atoms with Crippen molar-refractivity contribution in [2.75, 3.05) is 4.72 Å². The Balaban J connectivity index is 3.29. The molecule has 0 bridgehead atoms. The van der Waals surface area contributed by atoms with Crippen LogP contribution in [0.1, 0.15) is 24.2 Å². The molecule has 0 radical (unpaired) electrons. The van der Waals surface area contributed by atoms with E-state index >= 15 is 0 Å². The van der Waals surface area contributed by atoms with Crippen LogP contribution in [0.3, 0.4) is 0 Å². The number of amides is 1. The number of benzene rings is 1. The van der Waals surface area contributed by atoms with Crippen LogP contribution in [0, 0.1) is 11.6 Å². The van der Waals surface area contributed by atoms with Crippen LogP contribution in [-0.2, 0) is 10.0 Å². The van der Waals surface area contributed by atoms with Crippen LogP contribution >= 0.6 is 0 Å². The smallest absolute Gasteiger partial charge is 0.254 e. The fraction of sp³-hybridized carbons (Fsp3) is 0.300. The molecule has 0 saturated heterocycles. The van der Waals surface area contributed by atoms with E-state index < -0.39 is 44.1 Å². The van der Waals surface area contributed by atoms with Crippen molar-refractivity contribution in [2.45, 2.75) is 19.1 Å². The van der Waals surface area contributed by atoms with Gasteiger partial charge in [-0.25, -0.2) is 17.2 Å². The van der Waals surface area contributed by atoms with E-state index in [1.807, 2.05) is 4.72 Å². The van der Waals surface area contributed by atoms with Gasteiger partial charge in [0.1, 0.15) is 11.4 Å². The van der Waals surface area contributed by atoms with E-state index in [0.29, 0.717) is 0 Å². The van der Waals surface area contributed by atoms with Crippen LogP contribution in [-0.4, -0.2) is 19.6 Å². The average molecular weight is 278 g/mol. The fourth-order valence-electron chi connectivity index (χ4n) is 1.13. The van der Waals surface area contributed by atoms with E-state index in [1.54, 1.807) is 0 Å². The summed E-state index contributed by atoms with van der Waals surface area (Å²) >= 11 is 0. The summed E-state index contributed by atoms with van der Waals surface area (Å²) in [4.78, 5) is 10.9. The minimum Gasteiger partial charge on any atom is -0.365 e. The molecule has 0 aromatic heterocycles. The molecule has 0 aliphatic carbocycles. The van der Waals surface area contributed by atoms with Crippen LogP contribution < -0.4 is 10.5 Å². The van der Waals surface area contributed by atoms with Crippen LogP contribution in [0.25, 0.3) is 0 Å². The van der Waals surface area contributed by atoms with Gasteiger partial charge in [-0.1, -0.05) is 0 Å². The summed E-state index contributed by atoms with van der Waals surface area (Å²) in [6.45, 7) is 2.78. The maximum atomic E-state index is 13.7. The lowest BCUT2D eigenvalue weighted by molar-refractivity contribution is 0.0992. The van der Waals surface area contributed by atoms with Gasteiger partial charge in [0.15, 0.2) is 5.82 Å². The number of rotatable bonds is 4. The van der Waals surface area contributed by atoms with E-state index in [9.17, 15) is 22.0 Å². The van der Waals surface area contributed by atoms with E-state index in [2.05, 4.69) is 0 Å². The highest BCUT2D eigenvalue weighted by molar-refractivity contribution is 7.93. The lowest BCUT2D eigenvalue weighted by Gasteiger charge is -2.12. The standard InChI is InChI=1S/C10H12F2N2O3S/c1-5(2)18(16,17)14-7-4-3-6(11)8(9(7)12)10(13)15/h3-5,14H,1-2H3,(H2,13,15). The topological polar surface area (TPSA) is 89.3 Å². The maximum absolute atomic E-state index is 13.7. The van der Waals surface area contributed by atoms with Gasteiger partial charge in [-0.2, -0.15) is 0 Å². The number of halogens is 2. The molecular weight excluding hydrogens is 266 g/mol. The second kappa shape index (κ2) is 4.89. The summed E-state index contributed by atoms with van der Waals surface area (Å²) in [5.41, 5.74) is 3.32. The SMILES string of the molecule is CC(C)S(=O)(=O)Nc1ccc(F)c(C(N)=O)c1F. The third-order valence-corrected chi connectivity index (χ3v) is 3.96. The number of nitrogens with two attached hydrogens (primary N) is 1. The summed E-state index contributed by atoms with van der Waals surface area (Å²) in [5, 5.41) is -0.806. The summed E-state index contributed by atoms with van der Waals surface area (Å²) in [6.07, 6.45) is 0. The summed E-state index contributed by atoms with van der Waals surface area (Å²) in [7, 11) is -3.79. The molecule has 1 amide bonds. The Morgan fingerprint density at radius 1 is 1.33 bits per heavy atom. The largest absolute Gasteiger partial charge is 0.365 e. The zero-order chi connectivity index (χ0) is 14.1. The zero-order valence-corrected chi connectivity index (χ0v) is 10.5. The Bertz CT molecular complexity index is 585. The minimum atomic E-state index is -3.79.